The number of fused-ring (bicyclic) bond motifs is 3. The Kier molecular flexibility index (Phi) is 4.56. The van der Waals surface area contributed by atoms with Crippen molar-refractivity contribution in [2.24, 2.45) is 5.92 Å². The maximum absolute atomic E-state index is 13.7. The van der Waals surface area contributed by atoms with Gasteiger partial charge in [-0.3, -0.25) is 4.79 Å². The Bertz CT molecular complexity index is 1050. The molecule has 2 aromatic carbocycles. The molecule has 0 spiro atoms. The van der Waals surface area contributed by atoms with Gasteiger partial charge < -0.3 is 9.88 Å². The van der Waals surface area contributed by atoms with Crippen LogP contribution >= 0.6 is 0 Å². The molecule has 5 heteroatoms. The lowest BCUT2D eigenvalue weighted by Crippen LogP contribution is -2.45. The van der Waals surface area contributed by atoms with E-state index in [1.165, 1.54) is 12.1 Å². The SMILES string of the molecule is CC(CC(=O)NC(C)(C)C)C1(c2ccc(F)cc2)c2ccccc2-c2nccn21. The molecule has 0 bridgehead atoms. The van der Waals surface area contributed by atoms with E-state index in [9.17, 15) is 9.18 Å². The highest BCUT2D eigenvalue weighted by molar-refractivity contribution is 5.78. The van der Waals surface area contributed by atoms with E-state index in [4.69, 9.17) is 0 Å². The summed E-state index contributed by atoms with van der Waals surface area (Å²) in [6.45, 7) is 8.01. The Morgan fingerprint density at radius 2 is 1.86 bits per heavy atom. The second-order valence-corrected chi connectivity index (χ2v) is 8.84. The predicted molar refractivity (Wildman–Crippen MR) is 112 cm³/mol. The summed E-state index contributed by atoms with van der Waals surface area (Å²) in [6.07, 6.45) is 4.07. The Labute approximate surface area is 170 Å². The lowest BCUT2D eigenvalue weighted by atomic mass is 9.72. The van der Waals surface area contributed by atoms with E-state index in [0.29, 0.717) is 6.42 Å². The van der Waals surface area contributed by atoms with Gasteiger partial charge in [0.15, 0.2) is 0 Å². The highest BCUT2D eigenvalue weighted by Crippen LogP contribution is 2.51. The third-order valence-corrected chi connectivity index (χ3v) is 5.60. The molecule has 0 fully saturated rings. The molecule has 4 nitrogen and oxygen atoms in total. The smallest absolute Gasteiger partial charge is 0.220 e. The fourth-order valence-electron chi connectivity index (χ4n) is 4.61. The molecule has 2 unspecified atom stereocenters. The van der Waals surface area contributed by atoms with E-state index in [1.54, 1.807) is 6.20 Å². The summed E-state index contributed by atoms with van der Waals surface area (Å²) >= 11 is 0. The van der Waals surface area contributed by atoms with Crippen LogP contribution in [0.1, 0.15) is 45.2 Å². The maximum atomic E-state index is 13.7. The number of halogens is 1. The Balaban J connectivity index is 1.89. The first-order valence-electron chi connectivity index (χ1n) is 9.94. The highest BCUT2D eigenvalue weighted by Gasteiger charge is 2.49. The number of rotatable bonds is 4. The minimum absolute atomic E-state index is 0.00228. The zero-order chi connectivity index (χ0) is 20.8. The molecule has 1 amide bonds. The molecule has 0 radical (unpaired) electrons. The van der Waals surface area contributed by atoms with Crippen molar-refractivity contribution in [2.75, 3.05) is 0 Å². The zero-order valence-electron chi connectivity index (χ0n) is 17.2. The van der Waals surface area contributed by atoms with Crippen LogP contribution in [0.3, 0.4) is 0 Å². The fourth-order valence-corrected chi connectivity index (χ4v) is 4.61. The summed E-state index contributed by atoms with van der Waals surface area (Å²) < 4.78 is 15.9. The van der Waals surface area contributed by atoms with E-state index < -0.39 is 5.54 Å². The van der Waals surface area contributed by atoms with Crippen molar-refractivity contribution in [2.45, 2.75) is 45.2 Å². The van der Waals surface area contributed by atoms with Gasteiger partial charge in [-0.05, 0) is 49.9 Å². The molecule has 1 aliphatic rings. The number of nitrogens with one attached hydrogen (secondary N) is 1. The molecule has 29 heavy (non-hydrogen) atoms. The van der Waals surface area contributed by atoms with Crippen molar-refractivity contribution in [1.29, 1.82) is 0 Å². The van der Waals surface area contributed by atoms with Gasteiger partial charge in [0.1, 0.15) is 17.2 Å². The summed E-state index contributed by atoms with van der Waals surface area (Å²) in [5.74, 6) is 0.497. The predicted octanol–water partition coefficient (Wildman–Crippen LogP) is 4.74. The summed E-state index contributed by atoms with van der Waals surface area (Å²) in [6, 6.07) is 14.7. The summed E-state index contributed by atoms with van der Waals surface area (Å²) in [4.78, 5) is 17.4. The summed E-state index contributed by atoms with van der Waals surface area (Å²) in [7, 11) is 0. The van der Waals surface area contributed by atoms with Crippen LogP contribution in [-0.2, 0) is 10.3 Å². The van der Waals surface area contributed by atoms with Crippen molar-refractivity contribution in [3.8, 4) is 11.4 Å². The molecular formula is C24H26FN3O. The van der Waals surface area contributed by atoms with Gasteiger partial charge in [0.2, 0.25) is 5.91 Å². The number of hydrogen-bond acceptors (Lipinski definition) is 2. The van der Waals surface area contributed by atoms with Crippen molar-refractivity contribution < 1.29 is 9.18 Å². The van der Waals surface area contributed by atoms with Crippen molar-refractivity contribution in [1.82, 2.24) is 14.9 Å². The van der Waals surface area contributed by atoms with Gasteiger partial charge in [-0.15, -0.1) is 0 Å². The third kappa shape index (κ3) is 3.15. The lowest BCUT2D eigenvalue weighted by Gasteiger charge is -2.39. The molecular weight excluding hydrogens is 365 g/mol. The van der Waals surface area contributed by atoms with Crippen LogP contribution in [-0.4, -0.2) is 21.0 Å². The average Bonchev–Trinajstić information content (AvgIpc) is 3.21. The third-order valence-electron chi connectivity index (χ3n) is 5.60. The first kappa shape index (κ1) is 19.4. The number of amides is 1. The van der Waals surface area contributed by atoms with Crippen LogP contribution in [0.25, 0.3) is 11.4 Å². The van der Waals surface area contributed by atoms with E-state index in [1.807, 2.05) is 51.2 Å². The van der Waals surface area contributed by atoms with Gasteiger partial charge in [0.25, 0.3) is 0 Å². The highest BCUT2D eigenvalue weighted by atomic mass is 19.1. The number of benzene rings is 2. The normalized spacial score (nSPS) is 18.8. The number of carbonyl (C=O) groups is 1. The van der Waals surface area contributed by atoms with E-state index in [0.717, 1.165) is 22.5 Å². The molecule has 0 saturated carbocycles. The van der Waals surface area contributed by atoms with Gasteiger partial charge in [0.05, 0.1) is 0 Å². The van der Waals surface area contributed by atoms with E-state index in [-0.39, 0.29) is 23.2 Å². The Hall–Kier alpha value is -2.95. The molecule has 2 atom stereocenters. The summed E-state index contributed by atoms with van der Waals surface area (Å²) in [5, 5.41) is 3.07. The van der Waals surface area contributed by atoms with Gasteiger partial charge in [-0.1, -0.05) is 43.3 Å². The Morgan fingerprint density at radius 3 is 2.55 bits per heavy atom. The molecule has 1 N–H and O–H groups in total. The summed E-state index contributed by atoms with van der Waals surface area (Å²) in [5.41, 5.74) is 2.15. The minimum atomic E-state index is -0.634. The first-order chi connectivity index (χ1) is 13.7. The van der Waals surface area contributed by atoms with Gasteiger partial charge >= 0.3 is 0 Å². The van der Waals surface area contributed by atoms with Gasteiger partial charge in [-0.25, -0.2) is 9.37 Å². The molecule has 4 rings (SSSR count). The van der Waals surface area contributed by atoms with Gasteiger partial charge in [0, 0.05) is 29.9 Å². The van der Waals surface area contributed by atoms with E-state index >= 15 is 0 Å². The number of carbonyl (C=O) groups excluding carboxylic acids is 1. The van der Waals surface area contributed by atoms with Crippen LogP contribution in [0.5, 0.6) is 0 Å². The van der Waals surface area contributed by atoms with Crippen molar-refractivity contribution in [3.05, 3.63) is 77.9 Å². The number of nitrogens with zero attached hydrogens (tertiary/aromatic N) is 2. The number of imidazole rings is 1. The van der Waals surface area contributed by atoms with Crippen LogP contribution in [0.15, 0.2) is 60.9 Å². The standard InChI is InChI=1S/C24H26FN3O/c1-16(15-21(29)27-23(2,3)4)24(17-9-11-18(25)12-10-17)20-8-6-5-7-19(20)22-26-13-14-28(22)24/h5-14,16H,15H2,1-4H3,(H,27,29). The second kappa shape index (κ2) is 6.83. The zero-order valence-corrected chi connectivity index (χ0v) is 17.2. The largest absolute Gasteiger partial charge is 0.351 e. The van der Waals surface area contributed by atoms with Crippen LogP contribution < -0.4 is 5.32 Å². The maximum Gasteiger partial charge on any atom is 0.220 e. The molecule has 0 aliphatic carbocycles. The molecule has 0 saturated heterocycles. The number of aromatic nitrogens is 2. The topological polar surface area (TPSA) is 46.9 Å². The Morgan fingerprint density at radius 1 is 1.17 bits per heavy atom. The molecule has 2 heterocycles. The second-order valence-electron chi connectivity index (χ2n) is 8.84. The van der Waals surface area contributed by atoms with Crippen LogP contribution in [0.4, 0.5) is 4.39 Å². The lowest BCUT2D eigenvalue weighted by molar-refractivity contribution is -0.123. The molecule has 3 aromatic rings. The molecule has 1 aromatic heterocycles. The quantitative estimate of drug-likeness (QED) is 0.699. The van der Waals surface area contributed by atoms with Crippen molar-refractivity contribution >= 4 is 5.91 Å². The molecule has 1 aliphatic heterocycles. The van der Waals surface area contributed by atoms with Crippen LogP contribution in [0.2, 0.25) is 0 Å². The molecule has 150 valence electrons. The van der Waals surface area contributed by atoms with E-state index in [2.05, 4.69) is 33.9 Å². The minimum Gasteiger partial charge on any atom is -0.351 e. The van der Waals surface area contributed by atoms with Gasteiger partial charge in [-0.2, -0.15) is 0 Å². The van der Waals surface area contributed by atoms with Crippen LogP contribution in [0, 0.1) is 11.7 Å². The monoisotopic (exact) mass is 391 g/mol. The number of hydrogen-bond donors (Lipinski definition) is 1. The fraction of sp³-hybridized carbons (Fsp3) is 0.333. The first-order valence-corrected chi connectivity index (χ1v) is 9.94. The average molecular weight is 391 g/mol. The van der Waals surface area contributed by atoms with Crippen molar-refractivity contribution in [3.63, 3.8) is 0 Å².